The van der Waals surface area contributed by atoms with Crippen molar-refractivity contribution >= 4 is 17.5 Å². The van der Waals surface area contributed by atoms with Crippen LogP contribution < -0.4 is 16.0 Å². The number of benzene rings is 1. The second-order valence-electron chi connectivity index (χ2n) is 5.28. The number of aryl methyl sites for hydroxylation is 1. The van der Waals surface area contributed by atoms with Crippen molar-refractivity contribution in [2.24, 2.45) is 0 Å². The van der Waals surface area contributed by atoms with Gasteiger partial charge >= 0.3 is 0 Å². The van der Waals surface area contributed by atoms with E-state index in [2.05, 4.69) is 16.0 Å². The first kappa shape index (κ1) is 14.5. The van der Waals surface area contributed by atoms with E-state index in [1.807, 2.05) is 38.1 Å². The fourth-order valence-electron chi connectivity index (χ4n) is 2.19. The van der Waals surface area contributed by atoms with E-state index in [9.17, 15) is 9.59 Å². The number of carbonyl (C=O) groups excluding carboxylic acids is 2. The first-order valence-corrected chi connectivity index (χ1v) is 6.95. The zero-order valence-electron chi connectivity index (χ0n) is 11.9. The number of hydrogen-bond donors (Lipinski definition) is 3. The van der Waals surface area contributed by atoms with E-state index >= 15 is 0 Å². The molecule has 3 N–H and O–H groups in total. The summed E-state index contributed by atoms with van der Waals surface area (Å²) < 4.78 is 0. The zero-order chi connectivity index (χ0) is 14.5. The van der Waals surface area contributed by atoms with Gasteiger partial charge in [-0.25, -0.2) is 0 Å². The Morgan fingerprint density at radius 3 is 2.65 bits per heavy atom. The van der Waals surface area contributed by atoms with Crippen LogP contribution in [-0.2, 0) is 9.59 Å². The second-order valence-corrected chi connectivity index (χ2v) is 5.28. The van der Waals surface area contributed by atoms with E-state index in [0.717, 1.165) is 17.7 Å². The van der Waals surface area contributed by atoms with Crippen molar-refractivity contribution in [3.63, 3.8) is 0 Å². The lowest BCUT2D eigenvalue weighted by Crippen LogP contribution is -2.51. The van der Waals surface area contributed by atoms with Gasteiger partial charge in [0.25, 0.3) is 0 Å². The van der Waals surface area contributed by atoms with Gasteiger partial charge in [-0.1, -0.05) is 17.7 Å². The quantitative estimate of drug-likeness (QED) is 0.773. The van der Waals surface area contributed by atoms with Crippen molar-refractivity contribution < 1.29 is 9.59 Å². The largest absolute Gasteiger partial charge is 0.355 e. The Kier molecular flexibility index (Phi) is 4.74. The standard InChI is InChI=1S/C15H21N3O2/c1-10-3-5-12(6-4-10)18-15(20)11(2)17-13-7-8-14(19)16-9-13/h3-6,11,13,17H,7-9H2,1-2H3,(H,16,19)(H,18,20). The minimum atomic E-state index is -0.295. The molecule has 5 nitrogen and oxygen atoms in total. The molecule has 1 heterocycles. The molecule has 0 bridgehead atoms. The van der Waals surface area contributed by atoms with Crippen LogP contribution in [0.25, 0.3) is 0 Å². The third kappa shape index (κ3) is 4.06. The van der Waals surface area contributed by atoms with E-state index in [4.69, 9.17) is 0 Å². The monoisotopic (exact) mass is 275 g/mol. The summed E-state index contributed by atoms with van der Waals surface area (Å²) in [4.78, 5) is 23.2. The molecule has 1 saturated heterocycles. The predicted octanol–water partition coefficient (Wildman–Crippen LogP) is 1.19. The molecule has 20 heavy (non-hydrogen) atoms. The maximum Gasteiger partial charge on any atom is 0.241 e. The highest BCUT2D eigenvalue weighted by Crippen LogP contribution is 2.09. The highest BCUT2D eigenvalue weighted by Gasteiger charge is 2.22. The molecule has 0 aromatic heterocycles. The fraction of sp³-hybridized carbons (Fsp3) is 0.467. The Morgan fingerprint density at radius 1 is 1.35 bits per heavy atom. The number of amides is 2. The summed E-state index contributed by atoms with van der Waals surface area (Å²) in [6.07, 6.45) is 1.29. The summed E-state index contributed by atoms with van der Waals surface area (Å²) in [5.74, 6) is 0.0190. The maximum atomic E-state index is 12.1. The lowest BCUT2D eigenvalue weighted by atomic mass is 10.1. The summed E-state index contributed by atoms with van der Waals surface area (Å²) in [5.41, 5.74) is 1.96. The molecule has 0 radical (unpaired) electrons. The number of rotatable bonds is 4. The summed E-state index contributed by atoms with van der Waals surface area (Å²) in [5, 5.41) is 8.92. The molecular weight excluding hydrogens is 254 g/mol. The van der Waals surface area contributed by atoms with E-state index in [-0.39, 0.29) is 23.9 Å². The Bertz CT molecular complexity index is 474. The molecule has 108 valence electrons. The molecule has 5 heteroatoms. The summed E-state index contributed by atoms with van der Waals surface area (Å²) >= 11 is 0. The van der Waals surface area contributed by atoms with E-state index in [0.29, 0.717) is 13.0 Å². The van der Waals surface area contributed by atoms with Crippen LogP contribution in [-0.4, -0.2) is 30.4 Å². The first-order valence-electron chi connectivity index (χ1n) is 6.95. The number of piperidine rings is 1. The Hall–Kier alpha value is -1.88. The van der Waals surface area contributed by atoms with Crippen molar-refractivity contribution in [2.45, 2.75) is 38.8 Å². The molecule has 2 rings (SSSR count). The van der Waals surface area contributed by atoms with Crippen molar-refractivity contribution in [1.29, 1.82) is 0 Å². The van der Waals surface area contributed by atoms with Crippen LogP contribution in [0, 0.1) is 6.92 Å². The normalized spacial score (nSPS) is 20.1. The second kappa shape index (κ2) is 6.52. The van der Waals surface area contributed by atoms with Crippen molar-refractivity contribution in [2.75, 3.05) is 11.9 Å². The van der Waals surface area contributed by atoms with Gasteiger partial charge < -0.3 is 16.0 Å². The van der Waals surface area contributed by atoms with Crippen molar-refractivity contribution in [3.05, 3.63) is 29.8 Å². The molecule has 2 atom stereocenters. The van der Waals surface area contributed by atoms with Gasteiger partial charge in [-0.15, -0.1) is 0 Å². The SMILES string of the molecule is Cc1ccc(NC(=O)C(C)NC2CCC(=O)NC2)cc1. The summed E-state index contributed by atoms with van der Waals surface area (Å²) in [6, 6.07) is 7.57. The molecule has 0 aliphatic carbocycles. The van der Waals surface area contributed by atoms with E-state index in [1.165, 1.54) is 0 Å². The number of carbonyl (C=O) groups is 2. The van der Waals surface area contributed by atoms with Gasteiger partial charge in [0.1, 0.15) is 0 Å². The van der Waals surface area contributed by atoms with Crippen LogP contribution in [0.15, 0.2) is 24.3 Å². The van der Waals surface area contributed by atoms with E-state index in [1.54, 1.807) is 0 Å². The molecular formula is C15H21N3O2. The molecule has 1 aliphatic heterocycles. The maximum absolute atomic E-state index is 12.1. The topological polar surface area (TPSA) is 70.2 Å². The average Bonchev–Trinajstić information content (AvgIpc) is 2.44. The molecule has 2 amide bonds. The first-order chi connectivity index (χ1) is 9.54. The van der Waals surface area contributed by atoms with Crippen LogP contribution in [0.1, 0.15) is 25.3 Å². The van der Waals surface area contributed by atoms with E-state index < -0.39 is 0 Å². The molecule has 1 aromatic rings. The Labute approximate surface area is 119 Å². The number of hydrogen-bond acceptors (Lipinski definition) is 3. The highest BCUT2D eigenvalue weighted by molar-refractivity contribution is 5.94. The summed E-state index contributed by atoms with van der Waals surface area (Å²) in [7, 11) is 0. The summed E-state index contributed by atoms with van der Waals surface area (Å²) in [6.45, 7) is 4.42. The van der Waals surface area contributed by atoms with Crippen molar-refractivity contribution in [1.82, 2.24) is 10.6 Å². The van der Waals surface area contributed by atoms with Gasteiger partial charge in [-0.05, 0) is 32.4 Å². The third-order valence-corrected chi connectivity index (χ3v) is 3.46. The molecule has 1 aliphatic rings. The van der Waals surface area contributed by atoms with Gasteiger partial charge in [-0.2, -0.15) is 0 Å². The van der Waals surface area contributed by atoms with Crippen LogP contribution in [0.5, 0.6) is 0 Å². The van der Waals surface area contributed by atoms with Gasteiger partial charge in [0.2, 0.25) is 11.8 Å². The predicted molar refractivity (Wildman–Crippen MR) is 78.4 cm³/mol. The molecule has 0 spiro atoms. The van der Waals surface area contributed by atoms with Gasteiger partial charge in [0, 0.05) is 24.7 Å². The smallest absolute Gasteiger partial charge is 0.241 e. The zero-order valence-corrected chi connectivity index (χ0v) is 11.9. The van der Waals surface area contributed by atoms with Crippen molar-refractivity contribution in [3.8, 4) is 0 Å². The lowest BCUT2D eigenvalue weighted by Gasteiger charge is -2.26. The average molecular weight is 275 g/mol. The van der Waals surface area contributed by atoms with Crippen LogP contribution in [0.2, 0.25) is 0 Å². The third-order valence-electron chi connectivity index (χ3n) is 3.46. The fourth-order valence-corrected chi connectivity index (χ4v) is 2.19. The van der Waals surface area contributed by atoms with Crippen LogP contribution >= 0.6 is 0 Å². The van der Waals surface area contributed by atoms with Gasteiger partial charge in [0.05, 0.1) is 6.04 Å². The molecule has 0 saturated carbocycles. The number of nitrogens with one attached hydrogen (secondary N) is 3. The Balaban J connectivity index is 1.82. The molecule has 2 unspecified atom stereocenters. The number of anilines is 1. The lowest BCUT2D eigenvalue weighted by molar-refractivity contribution is -0.122. The van der Waals surface area contributed by atoms with Crippen LogP contribution in [0.4, 0.5) is 5.69 Å². The van der Waals surface area contributed by atoms with Gasteiger partial charge in [-0.3, -0.25) is 9.59 Å². The Morgan fingerprint density at radius 2 is 2.05 bits per heavy atom. The molecule has 1 fully saturated rings. The molecule has 1 aromatic carbocycles. The van der Waals surface area contributed by atoms with Gasteiger partial charge in [0.15, 0.2) is 0 Å². The van der Waals surface area contributed by atoms with Crippen LogP contribution in [0.3, 0.4) is 0 Å². The minimum Gasteiger partial charge on any atom is -0.355 e. The highest BCUT2D eigenvalue weighted by atomic mass is 16.2. The minimum absolute atomic E-state index is 0.0641.